The number of hydrogen-bond acceptors (Lipinski definition) is 4. The molecular weight excluding hydrogens is 621 g/mol. The molecule has 0 radical (unpaired) electrons. The molecule has 0 aliphatic heterocycles. The summed E-state index contributed by atoms with van der Waals surface area (Å²) in [6, 6.07) is 49.1. The Morgan fingerprint density at radius 3 is 1.45 bits per heavy atom. The lowest BCUT2D eigenvalue weighted by atomic mass is 9.79. The van der Waals surface area contributed by atoms with E-state index in [-0.39, 0.29) is 5.41 Å². The minimum atomic E-state index is -0.169. The van der Waals surface area contributed by atoms with Gasteiger partial charge < -0.3 is 0 Å². The van der Waals surface area contributed by atoms with Crippen molar-refractivity contribution in [1.82, 2.24) is 15.0 Å². The van der Waals surface area contributed by atoms with Crippen molar-refractivity contribution in [2.45, 2.75) is 44.9 Å². The van der Waals surface area contributed by atoms with Crippen molar-refractivity contribution in [1.29, 1.82) is 5.26 Å². The molecule has 0 atom stereocenters. The fourth-order valence-electron chi connectivity index (χ4n) is 8.12. The summed E-state index contributed by atoms with van der Waals surface area (Å²) in [4.78, 5) is 14.7. The third-order valence-corrected chi connectivity index (χ3v) is 10.8. The molecule has 244 valence electrons. The molecule has 2 aliphatic carbocycles. The Labute approximate surface area is 299 Å². The summed E-state index contributed by atoms with van der Waals surface area (Å²) in [6.07, 6.45) is 4.56. The Bertz CT molecular complexity index is 2430. The number of hydrogen-bond donors (Lipinski definition) is 0. The molecule has 2 aliphatic rings. The van der Waals surface area contributed by atoms with Crippen LogP contribution >= 0.6 is 0 Å². The van der Waals surface area contributed by atoms with Crippen molar-refractivity contribution in [3.63, 3.8) is 0 Å². The normalized spacial score (nSPS) is 13.9. The first kappa shape index (κ1) is 30.8. The van der Waals surface area contributed by atoms with E-state index in [9.17, 15) is 5.26 Å². The number of fused-ring (bicyclic) bond motifs is 4. The zero-order valence-corrected chi connectivity index (χ0v) is 28.8. The van der Waals surface area contributed by atoms with Crippen LogP contribution in [-0.2, 0) is 18.3 Å². The molecule has 0 N–H and O–H groups in total. The fourth-order valence-corrected chi connectivity index (χ4v) is 8.12. The van der Waals surface area contributed by atoms with E-state index in [2.05, 4.69) is 86.6 Å². The Morgan fingerprint density at radius 1 is 0.471 bits per heavy atom. The van der Waals surface area contributed by atoms with Crippen LogP contribution in [0, 0.1) is 11.3 Å². The lowest BCUT2D eigenvalue weighted by Gasteiger charge is -2.25. The van der Waals surface area contributed by atoms with E-state index in [0.717, 1.165) is 35.1 Å². The molecule has 0 unspecified atom stereocenters. The van der Waals surface area contributed by atoms with Crippen LogP contribution in [0.25, 0.3) is 67.5 Å². The SMILES string of the molecule is CC1(C)c2cc(C#N)ccc2-c2ccc(-c3ccc(-c4ccc(-c5nc(-c6ccccc6)nc(-c6ccccc6)n5)cc4)c4c3CCCC4)cc21. The van der Waals surface area contributed by atoms with Gasteiger partial charge in [-0.05, 0) is 99.5 Å². The summed E-state index contributed by atoms with van der Waals surface area (Å²) in [5.74, 6) is 2.00. The zero-order chi connectivity index (χ0) is 34.5. The van der Waals surface area contributed by atoms with Crippen molar-refractivity contribution in [3.05, 3.63) is 161 Å². The maximum atomic E-state index is 9.57. The maximum Gasteiger partial charge on any atom is 0.164 e. The Hall–Kier alpha value is -6.18. The van der Waals surface area contributed by atoms with Gasteiger partial charge in [-0.1, -0.05) is 129 Å². The molecule has 4 nitrogen and oxygen atoms in total. The highest BCUT2D eigenvalue weighted by molar-refractivity contribution is 5.86. The molecular formula is C47H36N4. The van der Waals surface area contributed by atoms with Gasteiger partial charge in [0.1, 0.15) is 0 Å². The lowest BCUT2D eigenvalue weighted by Crippen LogP contribution is -2.15. The van der Waals surface area contributed by atoms with E-state index in [4.69, 9.17) is 15.0 Å². The first-order chi connectivity index (χ1) is 25.0. The second-order valence-electron chi connectivity index (χ2n) is 14.2. The summed E-state index contributed by atoms with van der Waals surface area (Å²) in [5.41, 5.74) is 16.6. The molecule has 0 saturated heterocycles. The van der Waals surface area contributed by atoms with Crippen molar-refractivity contribution in [2.75, 3.05) is 0 Å². The summed E-state index contributed by atoms with van der Waals surface area (Å²) < 4.78 is 0. The van der Waals surface area contributed by atoms with Crippen LogP contribution in [0.2, 0.25) is 0 Å². The van der Waals surface area contributed by atoms with E-state index in [1.807, 2.05) is 66.7 Å². The minimum Gasteiger partial charge on any atom is -0.208 e. The Kier molecular flexibility index (Phi) is 7.44. The number of aromatic nitrogens is 3. The van der Waals surface area contributed by atoms with E-state index in [1.54, 1.807) is 0 Å². The van der Waals surface area contributed by atoms with Crippen molar-refractivity contribution in [3.8, 4) is 73.6 Å². The largest absolute Gasteiger partial charge is 0.208 e. The van der Waals surface area contributed by atoms with Crippen molar-refractivity contribution >= 4 is 0 Å². The maximum absolute atomic E-state index is 9.57. The van der Waals surface area contributed by atoms with Gasteiger partial charge in [0.15, 0.2) is 17.5 Å². The molecule has 0 spiro atoms. The highest BCUT2D eigenvalue weighted by Gasteiger charge is 2.36. The summed E-state index contributed by atoms with van der Waals surface area (Å²) in [5, 5.41) is 9.57. The van der Waals surface area contributed by atoms with Gasteiger partial charge in [0, 0.05) is 22.1 Å². The van der Waals surface area contributed by atoms with Crippen molar-refractivity contribution in [2.24, 2.45) is 0 Å². The van der Waals surface area contributed by atoms with Crippen LogP contribution in [0.5, 0.6) is 0 Å². The Morgan fingerprint density at radius 2 is 0.902 bits per heavy atom. The number of benzene rings is 6. The van der Waals surface area contributed by atoms with Gasteiger partial charge >= 0.3 is 0 Å². The smallest absolute Gasteiger partial charge is 0.164 e. The van der Waals surface area contributed by atoms with Crippen LogP contribution < -0.4 is 0 Å². The molecule has 1 heterocycles. The van der Waals surface area contributed by atoms with E-state index in [1.165, 1.54) is 68.5 Å². The molecule has 0 saturated carbocycles. The van der Waals surface area contributed by atoms with Gasteiger partial charge in [-0.25, -0.2) is 15.0 Å². The first-order valence-electron chi connectivity index (χ1n) is 17.8. The fraction of sp³-hybridized carbons (Fsp3) is 0.149. The topological polar surface area (TPSA) is 62.5 Å². The van der Waals surface area contributed by atoms with Crippen molar-refractivity contribution < 1.29 is 0 Å². The van der Waals surface area contributed by atoms with Gasteiger partial charge in [-0.2, -0.15) is 5.26 Å². The summed E-state index contributed by atoms with van der Waals surface area (Å²) in [6.45, 7) is 4.57. The van der Waals surface area contributed by atoms with Gasteiger partial charge in [-0.3, -0.25) is 0 Å². The predicted octanol–water partition coefficient (Wildman–Crippen LogP) is 11.3. The third kappa shape index (κ3) is 5.34. The molecule has 6 aromatic carbocycles. The van der Waals surface area contributed by atoms with E-state index >= 15 is 0 Å². The van der Waals surface area contributed by atoms with Crippen LogP contribution in [0.1, 0.15) is 54.5 Å². The predicted molar refractivity (Wildman–Crippen MR) is 206 cm³/mol. The Balaban J connectivity index is 1.08. The standard InChI is InChI=1S/C47H36N4/c1-47(2)42-27-30(29-48)17-23-40(42)41-24-22-35(28-43(41)47)37-26-25-36(38-15-9-10-16-39(37)38)31-18-20-34(21-19-31)46-50-44(32-11-5-3-6-12-32)49-45(51-46)33-13-7-4-8-14-33/h3-8,11-14,17-28H,9-10,15-16H2,1-2H3. The second kappa shape index (κ2) is 12.3. The number of nitrogens with zero attached hydrogens (tertiary/aromatic N) is 4. The molecule has 0 amide bonds. The van der Waals surface area contributed by atoms with Gasteiger partial charge in [0.05, 0.1) is 11.6 Å². The van der Waals surface area contributed by atoms with Crippen LogP contribution in [-0.4, -0.2) is 15.0 Å². The summed E-state index contributed by atoms with van der Waals surface area (Å²) in [7, 11) is 0. The highest BCUT2D eigenvalue weighted by Crippen LogP contribution is 2.50. The molecule has 0 bridgehead atoms. The molecule has 9 rings (SSSR count). The van der Waals surface area contributed by atoms with Gasteiger partial charge in [0.2, 0.25) is 0 Å². The second-order valence-corrected chi connectivity index (χ2v) is 14.2. The number of nitriles is 1. The molecule has 1 aromatic heterocycles. The van der Waals surface area contributed by atoms with E-state index < -0.39 is 0 Å². The quantitative estimate of drug-likeness (QED) is 0.185. The van der Waals surface area contributed by atoms with Crippen LogP contribution in [0.15, 0.2) is 133 Å². The molecule has 51 heavy (non-hydrogen) atoms. The van der Waals surface area contributed by atoms with Gasteiger partial charge in [-0.15, -0.1) is 0 Å². The van der Waals surface area contributed by atoms with Crippen LogP contribution in [0.4, 0.5) is 0 Å². The summed E-state index contributed by atoms with van der Waals surface area (Å²) >= 11 is 0. The first-order valence-corrected chi connectivity index (χ1v) is 17.8. The average molecular weight is 657 g/mol. The average Bonchev–Trinajstić information content (AvgIpc) is 3.42. The lowest BCUT2D eigenvalue weighted by molar-refractivity contribution is 0.660. The number of rotatable bonds is 5. The highest BCUT2D eigenvalue weighted by atomic mass is 15.0. The van der Waals surface area contributed by atoms with Gasteiger partial charge in [0.25, 0.3) is 0 Å². The molecule has 0 fully saturated rings. The molecule has 4 heteroatoms. The van der Waals surface area contributed by atoms with Crippen LogP contribution in [0.3, 0.4) is 0 Å². The molecule has 7 aromatic rings. The minimum absolute atomic E-state index is 0.169. The third-order valence-electron chi connectivity index (χ3n) is 10.8. The van der Waals surface area contributed by atoms with E-state index in [0.29, 0.717) is 17.5 Å². The monoisotopic (exact) mass is 656 g/mol. The zero-order valence-electron chi connectivity index (χ0n) is 28.8.